The minimum Gasteiger partial charge on any atom is -0.493 e. The van der Waals surface area contributed by atoms with Gasteiger partial charge in [-0.1, -0.05) is 12.1 Å². The summed E-state index contributed by atoms with van der Waals surface area (Å²) in [5.74, 6) is 1.17. The normalized spacial score (nSPS) is 15.5. The predicted molar refractivity (Wildman–Crippen MR) is 139 cm³/mol. The second-order valence-corrected chi connectivity index (χ2v) is 7.76. The standard InChI is InChI=1S/C24H31FN4O3.HI/c1-3-26-24(28-14-23(30)29-21-8-6-20(25)7-9-21)27-13-19-5-4-17(2)12-22(19)32-16-18-10-11-31-15-18;/h4-9,12,18H,3,10-11,13-16H2,1-2H3,(H,29,30)(H2,26,27,28);1H. The van der Waals surface area contributed by atoms with Crippen LogP contribution in [0.4, 0.5) is 10.1 Å². The molecule has 1 amide bonds. The Morgan fingerprint density at radius 3 is 2.70 bits per heavy atom. The smallest absolute Gasteiger partial charge is 0.243 e. The van der Waals surface area contributed by atoms with Crippen LogP contribution in [0.3, 0.4) is 0 Å². The van der Waals surface area contributed by atoms with Gasteiger partial charge in [0.1, 0.15) is 11.6 Å². The van der Waals surface area contributed by atoms with Crippen molar-refractivity contribution in [3.8, 4) is 5.75 Å². The fraction of sp³-hybridized carbons (Fsp3) is 0.417. The lowest BCUT2D eigenvalue weighted by Gasteiger charge is -2.15. The summed E-state index contributed by atoms with van der Waals surface area (Å²) in [4.78, 5) is 16.8. The molecule has 7 nitrogen and oxygen atoms in total. The summed E-state index contributed by atoms with van der Waals surface area (Å²) < 4.78 is 24.5. The molecule has 1 atom stereocenters. The maximum absolute atomic E-state index is 13.0. The highest BCUT2D eigenvalue weighted by molar-refractivity contribution is 14.0. The zero-order chi connectivity index (χ0) is 22.8. The lowest BCUT2D eigenvalue weighted by Crippen LogP contribution is -2.41. The molecule has 180 valence electrons. The highest BCUT2D eigenvalue weighted by Crippen LogP contribution is 2.23. The van der Waals surface area contributed by atoms with Crippen molar-refractivity contribution in [3.63, 3.8) is 0 Å². The molecule has 0 radical (unpaired) electrons. The topological polar surface area (TPSA) is 84.0 Å². The number of amides is 1. The van der Waals surface area contributed by atoms with E-state index in [1.54, 1.807) is 0 Å². The van der Waals surface area contributed by atoms with Gasteiger partial charge in [-0.25, -0.2) is 9.38 Å². The van der Waals surface area contributed by atoms with Crippen LogP contribution in [-0.2, 0) is 16.1 Å². The first-order valence-electron chi connectivity index (χ1n) is 10.9. The van der Waals surface area contributed by atoms with Gasteiger partial charge in [-0.2, -0.15) is 0 Å². The molecule has 0 spiro atoms. The molecule has 3 N–H and O–H groups in total. The Labute approximate surface area is 211 Å². The van der Waals surface area contributed by atoms with Gasteiger partial charge in [0.15, 0.2) is 5.96 Å². The van der Waals surface area contributed by atoms with Crippen molar-refractivity contribution in [1.82, 2.24) is 10.6 Å². The van der Waals surface area contributed by atoms with E-state index in [-0.39, 0.29) is 42.2 Å². The molecule has 0 aliphatic carbocycles. The molecule has 2 aromatic carbocycles. The van der Waals surface area contributed by atoms with E-state index in [1.165, 1.54) is 24.3 Å². The van der Waals surface area contributed by atoms with E-state index in [2.05, 4.69) is 20.9 Å². The van der Waals surface area contributed by atoms with E-state index in [1.807, 2.05) is 32.0 Å². The van der Waals surface area contributed by atoms with E-state index in [4.69, 9.17) is 9.47 Å². The summed E-state index contributed by atoms with van der Waals surface area (Å²) >= 11 is 0. The third kappa shape index (κ3) is 9.17. The maximum Gasteiger partial charge on any atom is 0.243 e. The highest BCUT2D eigenvalue weighted by Gasteiger charge is 2.17. The Morgan fingerprint density at radius 2 is 2.00 bits per heavy atom. The van der Waals surface area contributed by atoms with E-state index < -0.39 is 0 Å². The van der Waals surface area contributed by atoms with Crippen molar-refractivity contribution >= 4 is 41.5 Å². The average Bonchev–Trinajstić information content (AvgIpc) is 3.30. The van der Waals surface area contributed by atoms with E-state index in [0.29, 0.717) is 37.3 Å². The van der Waals surface area contributed by atoms with Crippen molar-refractivity contribution < 1.29 is 18.7 Å². The molecule has 1 aliphatic rings. The van der Waals surface area contributed by atoms with Gasteiger partial charge < -0.3 is 25.4 Å². The largest absolute Gasteiger partial charge is 0.493 e. The number of hydrogen-bond acceptors (Lipinski definition) is 4. The van der Waals surface area contributed by atoms with Gasteiger partial charge in [0.25, 0.3) is 0 Å². The number of aryl methyl sites for hydroxylation is 1. The van der Waals surface area contributed by atoms with Crippen LogP contribution < -0.4 is 20.7 Å². The number of halogens is 2. The van der Waals surface area contributed by atoms with Crippen LogP contribution in [-0.4, -0.2) is 44.8 Å². The van der Waals surface area contributed by atoms with Gasteiger partial charge in [-0.3, -0.25) is 4.79 Å². The van der Waals surface area contributed by atoms with Crippen molar-refractivity contribution in [2.45, 2.75) is 26.8 Å². The summed E-state index contributed by atoms with van der Waals surface area (Å²) in [5.41, 5.74) is 2.63. The number of nitrogens with one attached hydrogen (secondary N) is 3. The molecule has 1 aliphatic heterocycles. The first-order valence-corrected chi connectivity index (χ1v) is 10.9. The Bertz CT molecular complexity index is 918. The number of rotatable bonds is 9. The molecule has 0 bridgehead atoms. The summed E-state index contributed by atoms with van der Waals surface area (Å²) in [6.45, 7) is 7.25. The van der Waals surface area contributed by atoms with Crippen LogP contribution in [0.15, 0.2) is 47.5 Å². The Hall–Kier alpha value is -2.40. The lowest BCUT2D eigenvalue weighted by atomic mass is 10.1. The lowest BCUT2D eigenvalue weighted by molar-refractivity contribution is -0.115. The number of carbonyl (C=O) groups is 1. The number of carbonyl (C=O) groups excluding carboxylic acids is 1. The number of aliphatic imine (C=N–C) groups is 1. The number of guanidine groups is 1. The first kappa shape index (κ1) is 26.8. The molecular weight excluding hydrogens is 538 g/mol. The van der Waals surface area contributed by atoms with Crippen molar-refractivity contribution in [3.05, 3.63) is 59.4 Å². The molecule has 0 saturated carbocycles. The van der Waals surface area contributed by atoms with Crippen LogP contribution in [0, 0.1) is 18.7 Å². The van der Waals surface area contributed by atoms with Crippen molar-refractivity contribution in [2.24, 2.45) is 10.9 Å². The number of ether oxygens (including phenoxy) is 2. The van der Waals surface area contributed by atoms with Crippen LogP contribution in [0.2, 0.25) is 0 Å². The zero-order valence-electron chi connectivity index (χ0n) is 19.0. The summed E-state index contributed by atoms with van der Waals surface area (Å²) in [5, 5.41) is 8.88. The monoisotopic (exact) mass is 570 g/mol. The summed E-state index contributed by atoms with van der Waals surface area (Å²) in [6.07, 6.45) is 1.02. The predicted octanol–water partition coefficient (Wildman–Crippen LogP) is 3.86. The third-order valence-corrected chi connectivity index (χ3v) is 5.02. The Kier molecular flexibility index (Phi) is 11.4. The molecule has 2 aromatic rings. The molecule has 1 heterocycles. The van der Waals surface area contributed by atoms with Gasteiger partial charge >= 0.3 is 0 Å². The molecular formula is C24H32FIN4O3. The number of hydrogen-bond donors (Lipinski definition) is 3. The van der Waals surface area contributed by atoms with E-state index in [0.717, 1.165) is 36.5 Å². The Morgan fingerprint density at radius 1 is 1.21 bits per heavy atom. The van der Waals surface area contributed by atoms with E-state index in [9.17, 15) is 9.18 Å². The highest BCUT2D eigenvalue weighted by atomic mass is 127. The van der Waals surface area contributed by atoms with E-state index >= 15 is 0 Å². The molecule has 3 rings (SSSR count). The van der Waals surface area contributed by atoms with Crippen LogP contribution in [0.25, 0.3) is 0 Å². The quantitative estimate of drug-likeness (QED) is 0.242. The number of benzene rings is 2. The maximum atomic E-state index is 13.0. The van der Waals surface area contributed by atoms with Gasteiger partial charge in [0, 0.05) is 30.3 Å². The van der Waals surface area contributed by atoms with Gasteiger partial charge in [0.05, 0.1) is 26.3 Å². The fourth-order valence-corrected chi connectivity index (χ4v) is 3.26. The minimum absolute atomic E-state index is 0. The van der Waals surface area contributed by atoms with Gasteiger partial charge in [-0.05, 0) is 56.2 Å². The Balaban J connectivity index is 0.00000385. The second kappa shape index (κ2) is 14.0. The van der Waals surface area contributed by atoms with Gasteiger partial charge in [0.2, 0.25) is 5.91 Å². The molecule has 1 fully saturated rings. The van der Waals surface area contributed by atoms with Crippen LogP contribution in [0.1, 0.15) is 24.5 Å². The third-order valence-electron chi connectivity index (χ3n) is 5.02. The van der Waals surface area contributed by atoms with Gasteiger partial charge in [-0.15, -0.1) is 24.0 Å². The molecule has 33 heavy (non-hydrogen) atoms. The van der Waals surface area contributed by atoms with Crippen LogP contribution in [0.5, 0.6) is 5.75 Å². The molecule has 1 unspecified atom stereocenters. The second-order valence-electron chi connectivity index (χ2n) is 7.76. The molecule has 9 heteroatoms. The van der Waals surface area contributed by atoms with Crippen molar-refractivity contribution in [1.29, 1.82) is 0 Å². The number of anilines is 1. The zero-order valence-corrected chi connectivity index (χ0v) is 21.4. The van der Waals surface area contributed by atoms with Crippen molar-refractivity contribution in [2.75, 3.05) is 38.2 Å². The minimum atomic E-state index is -0.348. The SMILES string of the molecule is CCNC(=NCc1ccc(C)cc1OCC1CCOC1)NCC(=O)Nc1ccc(F)cc1.I. The average molecular weight is 570 g/mol. The fourth-order valence-electron chi connectivity index (χ4n) is 3.26. The number of nitrogens with zero attached hydrogens (tertiary/aromatic N) is 1. The molecule has 0 aromatic heterocycles. The first-order chi connectivity index (χ1) is 15.5. The summed E-state index contributed by atoms with van der Waals surface area (Å²) in [7, 11) is 0. The van der Waals surface area contributed by atoms with Crippen LogP contribution >= 0.6 is 24.0 Å². The summed E-state index contributed by atoms with van der Waals surface area (Å²) in [6, 6.07) is 11.7. The molecule has 1 saturated heterocycles.